The minimum atomic E-state index is -1.20. The van der Waals surface area contributed by atoms with Gasteiger partial charge in [-0.2, -0.15) is 0 Å². The van der Waals surface area contributed by atoms with E-state index in [1.807, 2.05) is 0 Å². The van der Waals surface area contributed by atoms with Crippen molar-refractivity contribution in [1.82, 2.24) is 5.32 Å². The molecule has 1 heterocycles. The van der Waals surface area contributed by atoms with E-state index in [-0.39, 0.29) is 11.9 Å². The minimum absolute atomic E-state index is 0.187. The lowest BCUT2D eigenvalue weighted by molar-refractivity contribution is 0.159. The van der Waals surface area contributed by atoms with Crippen molar-refractivity contribution in [2.75, 3.05) is 13.1 Å². The van der Waals surface area contributed by atoms with Crippen LogP contribution in [-0.4, -0.2) is 19.2 Å². The molecule has 1 aliphatic rings. The summed E-state index contributed by atoms with van der Waals surface area (Å²) in [5.74, 6) is -3.40. The molecule has 0 radical (unpaired) electrons. The molecule has 0 bridgehead atoms. The molecular formula is C11H12F3NO. The zero-order chi connectivity index (χ0) is 11.5. The van der Waals surface area contributed by atoms with Crippen molar-refractivity contribution in [2.24, 2.45) is 0 Å². The van der Waals surface area contributed by atoms with E-state index >= 15 is 0 Å². The van der Waals surface area contributed by atoms with E-state index in [0.29, 0.717) is 12.6 Å². The maximum Gasteiger partial charge on any atom is 0.168 e. The lowest BCUT2D eigenvalue weighted by Crippen LogP contribution is -2.37. The maximum absolute atomic E-state index is 13.2. The van der Waals surface area contributed by atoms with E-state index in [9.17, 15) is 13.2 Å². The molecule has 1 fully saturated rings. The first kappa shape index (κ1) is 11.3. The first-order valence-corrected chi connectivity index (χ1v) is 5.19. The van der Waals surface area contributed by atoms with E-state index in [2.05, 4.69) is 5.32 Å². The van der Waals surface area contributed by atoms with Gasteiger partial charge in [-0.05, 0) is 19.4 Å². The quantitative estimate of drug-likeness (QED) is 0.788. The molecule has 1 N–H and O–H groups in total. The Morgan fingerprint density at radius 1 is 1.12 bits per heavy atom. The van der Waals surface area contributed by atoms with Crippen molar-refractivity contribution in [3.63, 3.8) is 0 Å². The number of hydrogen-bond acceptors (Lipinski definition) is 2. The SMILES string of the molecule is Fc1cc(F)c(OC2CCCNC2)cc1F. The zero-order valence-electron chi connectivity index (χ0n) is 8.60. The first-order chi connectivity index (χ1) is 7.66. The number of benzene rings is 1. The van der Waals surface area contributed by atoms with Crippen LogP contribution in [0.3, 0.4) is 0 Å². The summed E-state index contributed by atoms with van der Waals surface area (Å²) in [6, 6.07) is 1.25. The predicted molar refractivity (Wildman–Crippen MR) is 52.8 cm³/mol. The van der Waals surface area contributed by atoms with Crippen LogP contribution in [0, 0.1) is 17.5 Å². The van der Waals surface area contributed by atoms with Crippen LogP contribution in [0.5, 0.6) is 5.75 Å². The molecule has 0 amide bonds. The van der Waals surface area contributed by atoms with Crippen molar-refractivity contribution in [3.05, 3.63) is 29.6 Å². The third-order valence-corrected chi connectivity index (χ3v) is 2.52. The maximum atomic E-state index is 13.2. The summed E-state index contributed by atoms with van der Waals surface area (Å²) in [7, 11) is 0. The molecule has 88 valence electrons. The second-order valence-corrected chi connectivity index (χ2v) is 3.78. The monoisotopic (exact) mass is 231 g/mol. The predicted octanol–water partition coefficient (Wildman–Crippen LogP) is 2.23. The fourth-order valence-electron chi connectivity index (χ4n) is 1.69. The summed E-state index contributed by atoms with van der Waals surface area (Å²) >= 11 is 0. The Bertz CT molecular complexity index is 378. The Balaban J connectivity index is 2.11. The highest BCUT2D eigenvalue weighted by Crippen LogP contribution is 2.23. The molecule has 1 atom stereocenters. The molecular weight excluding hydrogens is 219 g/mol. The molecule has 2 nitrogen and oxygen atoms in total. The Hall–Kier alpha value is -1.23. The molecule has 0 spiro atoms. The molecule has 1 aromatic rings. The van der Waals surface area contributed by atoms with Gasteiger partial charge in [-0.1, -0.05) is 0 Å². The van der Waals surface area contributed by atoms with Gasteiger partial charge in [0.25, 0.3) is 0 Å². The van der Waals surface area contributed by atoms with Gasteiger partial charge in [0.15, 0.2) is 23.2 Å². The van der Waals surface area contributed by atoms with E-state index < -0.39 is 17.5 Å². The van der Waals surface area contributed by atoms with E-state index in [0.717, 1.165) is 25.5 Å². The molecule has 5 heteroatoms. The van der Waals surface area contributed by atoms with Crippen LogP contribution in [0.4, 0.5) is 13.2 Å². The summed E-state index contributed by atoms with van der Waals surface area (Å²) in [5, 5.41) is 3.09. The van der Waals surface area contributed by atoms with Crippen LogP contribution in [0.1, 0.15) is 12.8 Å². The Kier molecular flexibility index (Phi) is 3.33. The zero-order valence-corrected chi connectivity index (χ0v) is 8.60. The molecule has 1 unspecified atom stereocenters. The van der Waals surface area contributed by atoms with Gasteiger partial charge < -0.3 is 10.1 Å². The van der Waals surface area contributed by atoms with Crippen molar-refractivity contribution < 1.29 is 17.9 Å². The molecule has 2 rings (SSSR count). The molecule has 0 aliphatic carbocycles. The van der Waals surface area contributed by atoms with Gasteiger partial charge >= 0.3 is 0 Å². The number of ether oxygens (including phenoxy) is 1. The van der Waals surface area contributed by atoms with E-state index in [1.54, 1.807) is 0 Å². The molecule has 0 saturated carbocycles. The standard InChI is InChI=1S/C11H12F3NO/c12-8-4-10(14)11(5-9(8)13)16-7-2-1-3-15-6-7/h4-5,7,15H,1-3,6H2. The third-order valence-electron chi connectivity index (χ3n) is 2.52. The van der Waals surface area contributed by atoms with Gasteiger partial charge in [0.05, 0.1) is 0 Å². The van der Waals surface area contributed by atoms with Crippen molar-refractivity contribution in [1.29, 1.82) is 0 Å². The average molecular weight is 231 g/mol. The lowest BCUT2D eigenvalue weighted by atomic mass is 10.1. The number of nitrogens with one attached hydrogen (secondary N) is 1. The summed E-state index contributed by atoms with van der Waals surface area (Å²) in [6.07, 6.45) is 1.52. The van der Waals surface area contributed by atoms with Crippen LogP contribution >= 0.6 is 0 Å². The fourth-order valence-corrected chi connectivity index (χ4v) is 1.69. The highest BCUT2D eigenvalue weighted by atomic mass is 19.2. The smallest absolute Gasteiger partial charge is 0.168 e. The normalized spacial score (nSPS) is 20.8. The number of halogens is 3. The van der Waals surface area contributed by atoms with Gasteiger partial charge in [0.1, 0.15) is 6.10 Å². The molecule has 16 heavy (non-hydrogen) atoms. The lowest BCUT2D eigenvalue weighted by Gasteiger charge is -2.24. The number of rotatable bonds is 2. The Morgan fingerprint density at radius 3 is 2.56 bits per heavy atom. The fraction of sp³-hybridized carbons (Fsp3) is 0.455. The molecule has 0 aromatic heterocycles. The highest BCUT2D eigenvalue weighted by Gasteiger charge is 2.18. The minimum Gasteiger partial charge on any atom is -0.486 e. The van der Waals surface area contributed by atoms with E-state index in [4.69, 9.17) is 4.74 Å². The van der Waals surface area contributed by atoms with Crippen LogP contribution < -0.4 is 10.1 Å². The topological polar surface area (TPSA) is 21.3 Å². The van der Waals surface area contributed by atoms with Gasteiger partial charge in [-0.15, -0.1) is 0 Å². The Morgan fingerprint density at radius 2 is 1.88 bits per heavy atom. The largest absolute Gasteiger partial charge is 0.486 e. The summed E-state index contributed by atoms with van der Waals surface area (Å²) < 4.78 is 44.0. The average Bonchev–Trinajstić information content (AvgIpc) is 2.27. The van der Waals surface area contributed by atoms with Crippen LogP contribution in [0.2, 0.25) is 0 Å². The number of piperidine rings is 1. The third kappa shape index (κ3) is 2.47. The second kappa shape index (κ2) is 4.74. The molecule has 1 aliphatic heterocycles. The summed E-state index contributed by atoms with van der Waals surface area (Å²) in [6.45, 7) is 1.50. The van der Waals surface area contributed by atoms with Gasteiger partial charge in [-0.3, -0.25) is 0 Å². The van der Waals surface area contributed by atoms with Crippen molar-refractivity contribution in [2.45, 2.75) is 18.9 Å². The molecule has 1 saturated heterocycles. The summed E-state index contributed by atoms with van der Waals surface area (Å²) in [5.41, 5.74) is 0. The molecule has 1 aromatic carbocycles. The van der Waals surface area contributed by atoms with Gasteiger partial charge in [-0.25, -0.2) is 13.2 Å². The van der Waals surface area contributed by atoms with Crippen molar-refractivity contribution in [3.8, 4) is 5.75 Å². The van der Waals surface area contributed by atoms with Gasteiger partial charge in [0.2, 0.25) is 0 Å². The van der Waals surface area contributed by atoms with Crippen LogP contribution in [0.15, 0.2) is 12.1 Å². The van der Waals surface area contributed by atoms with E-state index in [1.165, 1.54) is 0 Å². The summed E-state index contributed by atoms with van der Waals surface area (Å²) in [4.78, 5) is 0. The van der Waals surface area contributed by atoms with Gasteiger partial charge in [0, 0.05) is 18.7 Å². The van der Waals surface area contributed by atoms with Crippen LogP contribution in [0.25, 0.3) is 0 Å². The first-order valence-electron chi connectivity index (χ1n) is 5.19. The highest BCUT2D eigenvalue weighted by molar-refractivity contribution is 5.26. The second-order valence-electron chi connectivity index (χ2n) is 3.78. The van der Waals surface area contributed by atoms with Crippen molar-refractivity contribution >= 4 is 0 Å². The number of hydrogen-bond donors (Lipinski definition) is 1. The Labute approximate surface area is 91.4 Å². The van der Waals surface area contributed by atoms with Crippen LogP contribution in [-0.2, 0) is 0 Å².